The van der Waals surface area contributed by atoms with E-state index in [1.165, 1.54) is 12.1 Å². The fourth-order valence-corrected chi connectivity index (χ4v) is 4.64. The Morgan fingerprint density at radius 3 is 2.45 bits per heavy atom. The lowest BCUT2D eigenvalue weighted by Gasteiger charge is -2.32. The first-order valence-corrected chi connectivity index (χ1v) is 12.8. The normalized spacial score (nSPS) is 15.7. The van der Waals surface area contributed by atoms with E-state index in [1.807, 2.05) is 26.8 Å². The van der Waals surface area contributed by atoms with Crippen LogP contribution < -0.4 is 0 Å². The Kier molecular flexibility index (Phi) is 5.94. The second-order valence-corrected chi connectivity index (χ2v) is 11.5. The molecule has 1 N–H and O–H groups in total. The monoisotopic (exact) mass is 473 g/mol. The van der Waals surface area contributed by atoms with Gasteiger partial charge in [0.15, 0.2) is 9.84 Å². The van der Waals surface area contributed by atoms with Gasteiger partial charge >= 0.3 is 6.09 Å². The summed E-state index contributed by atoms with van der Waals surface area (Å²) in [6.07, 6.45) is 2.30. The molecule has 2 heterocycles. The number of aromatic amines is 1. The largest absolute Gasteiger partial charge is 0.444 e. The van der Waals surface area contributed by atoms with Crippen molar-refractivity contribution < 1.29 is 22.3 Å². The minimum Gasteiger partial charge on any atom is -0.444 e. The van der Waals surface area contributed by atoms with E-state index in [9.17, 15) is 17.6 Å². The third kappa shape index (κ3) is 5.19. The van der Waals surface area contributed by atoms with Crippen LogP contribution in [0, 0.1) is 5.82 Å². The molecular formula is C24H28FN3O4S. The zero-order chi connectivity index (χ0) is 24.0. The fraction of sp³-hybridized carbons (Fsp3) is 0.417. The molecule has 1 saturated heterocycles. The van der Waals surface area contributed by atoms with Gasteiger partial charge in [0, 0.05) is 30.8 Å². The first kappa shape index (κ1) is 23.2. The molecule has 0 radical (unpaired) electrons. The van der Waals surface area contributed by atoms with Crippen molar-refractivity contribution in [2.24, 2.45) is 0 Å². The standard InChI is InChI=1S/C24H28FN3O4S/c1-24(2,3)32-23(29)28-11-9-15(10-12-28)22-26-20-8-5-16(13-21(20)27-22)18-7-6-17(14-19(18)25)33(4,30)31/h5-8,13-15H,9-12H2,1-4H3,(H,26,27). The number of carbonyl (C=O) groups is 1. The van der Waals surface area contributed by atoms with Crippen LogP contribution in [0.25, 0.3) is 22.2 Å². The number of likely N-dealkylation sites (tertiary alicyclic amines) is 1. The lowest BCUT2D eigenvalue weighted by atomic mass is 9.96. The maximum absolute atomic E-state index is 14.6. The molecule has 1 aromatic heterocycles. The molecule has 0 spiro atoms. The van der Waals surface area contributed by atoms with E-state index in [0.29, 0.717) is 29.7 Å². The first-order chi connectivity index (χ1) is 15.4. The van der Waals surface area contributed by atoms with Crippen LogP contribution >= 0.6 is 0 Å². The van der Waals surface area contributed by atoms with Crippen LogP contribution in [0.5, 0.6) is 0 Å². The van der Waals surface area contributed by atoms with E-state index in [4.69, 9.17) is 9.72 Å². The number of fused-ring (bicyclic) bond motifs is 1. The molecule has 7 nitrogen and oxygen atoms in total. The highest BCUT2D eigenvalue weighted by Crippen LogP contribution is 2.31. The average Bonchev–Trinajstić information content (AvgIpc) is 3.15. The highest BCUT2D eigenvalue weighted by Gasteiger charge is 2.28. The minimum atomic E-state index is -3.48. The van der Waals surface area contributed by atoms with Crippen molar-refractivity contribution in [1.29, 1.82) is 0 Å². The van der Waals surface area contributed by atoms with Crippen LogP contribution in [0.3, 0.4) is 0 Å². The summed E-state index contributed by atoms with van der Waals surface area (Å²) in [4.78, 5) is 22.0. The van der Waals surface area contributed by atoms with Gasteiger partial charge in [0.2, 0.25) is 0 Å². The molecule has 3 aromatic rings. The molecule has 1 aliphatic heterocycles. The predicted molar refractivity (Wildman–Crippen MR) is 124 cm³/mol. The van der Waals surface area contributed by atoms with Crippen LogP contribution in [0.1, 0.15) is 45.4 Å². The number of halogens is 1. The Bertz CT molecular complexity index is 1300. The SMILES string of the molecule is CC(C)(C)OC(=O)N1CCC(c2nc3cc(-c4ccc(S(C)(=O)=O)cc4F)ccc3[nH]2)CC1. The second-order valence-electron chi connectivity index (χ2n) is 9.51. The molecule has 0 saturated carbocycles. The fourth-order valence-electron chi connectivity index (χ4n) is 4.01. The van der Waals surface area contributed by atoms with Crippen molar-refractivity contribution in [2.45, 2.75) is 50.0 Å². The van der Waals surface area contributed by atoms with Crippen molar-refractivity contribution in [1.82, 2.24) is 14.9 Å². The van der Waals surface area contributed by atoms with Gasteiger partial charge in [-0.25, -0.2) is 22.6 Å². The van der Waals surface area contributed by atoms with Gasteiger partial charge in [0.25, 0.3) is 0 Å². The van der Waals surface area contributed by atoms with E-state index in [1.54, 1.807) is 17.0 Å². The number of aromatic nitrogens is 2. The zero-order valence-corrected chi connectivity index (χ0v) is 20.0. The summed E-state index contributed by atoms with van der Waals surface area (Å²) < 4.78 is 43.4. The summed E-state index contributed by atoms with van der Waals surface area (Å²) in [7, 11) is -3.48. The number of nitrogens with one attached hydrogen (secondary N) is 1. The van der Waals surface area contributed by atoms with Gasteiger partial charge in [-0.15, -0.1) is 0 Å². The Morgan fingerprint density at radius 1 is 1.15 bits per heavy atom. The Morgan fingerprint density at radius 2 is 1.85 bits per heavy atom. The summed E-state index contributed by atoms with van der Waals surface area (Å²) in [6, 6.07) is 9.36. The zero-order valence-electron chi connectivity index (χ0n) is 19.2. The van der Waals surface area contributed by atoms with Crippen molar-refractivity contribution >= 4 is 27.0 Å². The number of piperidine rings is 1. The van der Waals surface area contributed by atoms with E-state index in [0.717, 1.165) is 36.5 Å². The van der Waals surface area contributed by atoms with Crippen LogP contribution in [-0.2, 0) is 14.6 Å². The quantitative estimate of drug-likeness (QED) is 0.585. The van der Waals surface area contributed by atoms with Gasteiger partial charge in [-0.1, -0.05) is 12.1 Å². The van der Waals surface area contributed by atoms with Crippen LogP contribution in [0.15, 0.2) is 41.3 Å². The number of carbonyl (C=O) groups excluding carboxylic acids is 1. The van der Waals surface area contributed by atoms with Crippen molar-refractivity contribution in [2.75, 3.05) is 19.3 Å². The van der Waals surface area contributed by atoms with E-state index in [-0.39, 0.29) is 16.9 Å². The molecule has 33 heavy (non-hydrogen) atoms. The summed E-state index contributed by atoms with van der Waals surface area (Å²) in [5, 5.41) is 0. The average molecular weight is 474 g/mol. The van der Waals surface area contributed by atoms with E-state index < -0.39 is 21.3 Å². The number of hydrogen-bond donors (Lipinski definition) is 1. The number of imidazole rings is 1. The van der Waals surface area contributed by atoms with Crippen molar-refractivity contribution in [3.05, 3.63) is 48.0 Å². The van der Waals surface area contributed by atoms with Crippen molar-refractivity contribution in [3.63, 3.8) is 0 Å². The highest BCUT2D eigenvalue weighted by atomic mass is 32.2. The molecule has 1 fully saturated rings. The first-order valence-electron chi connectivity index (χ1n) is 10.9. The van der Waals surface area contributed by atoms with Crippen LogP contribution in [0.2, 0.25) is 0 Å². The summed E-state index contributed by atoms with van der Waals surface area (Å²) in [5.41, 5.74) is 1.98. The lowest BCUT2D eigenvalue weighted by molar-refractivity contribution is 0.0203. The number of sulfone groups is 1. The Labute approximate surface area is 192 Å². The third-order valence-electron chi connectivity index (χ3n) is 5.71. The molecule has 176 valence electrons. The van der Waals surface area contributed by atoms with Crippen LogP contribution in [0.4, 0.5) is 9.18 Å². The molecule has 0 unspecified atom stereocenters. The minimum absolute atomic E-state index is 0.0513. The molecule has 0 aliphatic carbocycles. The Balaban J connectivity index is 1.51. The number of benzene rings is 2. The molecule has 2 aromatic carbocycles. The summed E-state index contributed by atoms with van der Waals surface area (Å²) >= 11 is 0. The van der Waals surface area contributed by atoms with Gasteiger partial charge < -0.3 is 14.6 Å². The molecule has 4 rings (SSSR count). The van der Waals surface area contributed by atoms with Gasteiger partial charge in [-0.05, 0) is 63.4 Å². The summed E-state index contributed by atoms with van der Waals surface area (Å²) in [6.45, 7) is 6.75. The Hall–Kier alpha value is -2.94. The lowest BCUT2D eigenvalue weighted by Crippen LogP contribution is -2.41. The molecular weight excluding hydrogens is 445 g/mol. The van der Waals surface area contributed by atoms with Gasteiger partial charge in [-0.2, -0.15) is 0 Å². The number of ether oxygens (including phenoxy) is 1. The second kappa shape index (κ2) is 8.44. The molecule has 1 aliphatic rings. The van der Waals surface area contributed by atoms with E-state index in [2.05, 4.69) is 4.98 Å². The highest BCUT2D eigenvalue weighted by molar-refractivity contribution is 7.90. The number of hydrogen-bond acceptors (Lipinski definition) is 5. The van der Waals surface area contributed by atoms with Gasteiger partial charge in [0.05, 0.1) is 15.9 Å². The van der Waals surface area contributed by atoms with Crippen LogP contribution in [-0.4, -0.2) is 54.3 Å². The topological polar surface area (TPSA) is 92.4 Å². The van der Waals surface area contributed by atoms with Crippen molar-refractivity contribution in [3.8, 4) is 11.1 Å². The number of nitrogens with zero attached hydrogens (tertiary/aromatic N) is 2. The van der Waals surface area contributed by atoms with E-state index >= 15 is 0 Å². The van der Waals surface area contributed by atoms with Gasteiger partial charge in [0.1, 0.15) is 17.2 Å². The third-order valence-corrected chi connectivity index (χ3v) is 6.82. The molecule has 1 amide bonds. The molecule has 9 heteroatoms. The number of amides is 1. The number of rotatable bonds is 3. The molecule has 0 bridgehead atoms. The smallest absolute Gasteiger partial charge is 0.410 e. The maximum atomic E-state index is 14.6. The predicted octanol–water partition coefficient (Wildman–Crippen LogP) is 4.89. The van der Waals surface area contributed by atoms with Gasteiger partial charge in [-0.3, -0.25) is 0 Å². The molecule has 0 atom stereocenters. The maximum Gasteiger partial charge on any atom is 0.410 e. The number of H-pyrrole nitrogens is 1. The summed E-state index contributed by atoms with van der Waals surface area (Å²) in [5.74, 6) is 0.437.